The third kappa shape index (κ3) is 2.85. The van der Waals surface area contributed by atoms with Crippen LogP contribution < -0.4 is 10.6 Å². The van der Waals surface area contributed by atoms with Gasteiger partial charge in [-0.15, -0.1) is 0 Å². The van der Waals surface area contributed by atoms with Crippen LogP contribution in [0.25, 0.3) is 0 Å². The molecule has 0 amide bonds. The minimum atomic E-state index is -1.30. The Labute approximate surface area is 117 Å². The van der Waals surface area contributed by atoms with Gasteiger partial charge < -0.3 is 20.6 Å². The Morgan fingerprint density at radius 2 is 2.25 bits per heavy atom. The first kappa shape index (κ1) is 14.6. The van der Waals surface area contributed by atoms with Crippen LogP contribution in [0.5, 0.6) is 0 Å². The van der Waals surface area contributed by atoms with Crippen molar-refractivity contribution in [1.82, 2.24) is 4.90 Å². The predicted molar refractivity (Wildman–Crippen MR) is 76.7 cm³/mol. The van der Waals surface area contributed by atoms with Gasteiger partial charge in [0.2, 0.25) is 0 Å². The van der Waals surface area contributed by atoms with E-state index in [1.54, 1.807) is 0 Å². The van der Waals surface area contributed by atoms with Crippen LogP contribution >= 0.6 is 0 Å². The molecule has 1 aromatic carbocycles. The molecular weight excluding hydrogens is 261 g/mol. The summed E-state index contributed by atoms with van der Waals surface area (Å²) in [6, 6.07) is 2.66. The zero-order valence-electron chi connectivity index (χ0n) is 11.8. The normalized spacial score (nSPS) is 19.9. The molecule has 0 saturated carbocycles. The molecule has 2 rings (SSSR count). The summed E-state index contributed by atoms with van der Waals surface area (Å²) in [5.41, 5.74) is 6.34. The number of nitrogen functional groups attached to an aromatic ring is 1. The van der Waals surface area contributed by atoms with Crippen molar-refractivity contribution in [2.24, 2.45) is 0 Å². The summed E-state index contributed by atoms with van der Waals surface area (Å²) in [5, 5.41) is 8.89. The molecule has 20 heavy (non-hydrogen) atoms. The number of hydrogen-bond donors (Lipinski definition) is 2. The highest BCUT2D eigenvalue weighted by atomic mass is 19.1. The maximum absolute atomic E-state index is 13.8. The minimum Gasteiger partial charge on any atom is -0.478 e. The first-order valence-corrected chi connectivity index (χ1v) is 6.64. The van der Waals surface area contributed by atoms with Gasteiger partial charge in [-0.05, 0) is 32.5 Å². The van der Waals surface area contributed by atoms with Gasteiger partial charge in [-0.2, -0.15) is 0 Å². The minimum absolute atomic E-state index is 0.256. The molecule has 0 spiro atoms. The zero-order chi connectivity index (χ0) is 14.9. The molecule has 6 heteroatoms. The van der Waals surface area contributed by atoms with Crippen LogP contribution in [0.4, 0.5) is 15.8 Å². The summed E-state index contributed by atoms with van der Waals surface area (Å²) >= 11 is 0. The third-order valence-corrected chi connectivity index (χ3v) is 3.87. The summed E-state index contributed by atoms with van der Waals surface area (Å²) < 4.78 is 13.8. The smallest absolute Gasteiger partial charge is 0.338 e. The molecule has 1 unspecified atom stereocenters. The first-order chi connectivity index (χ1) is 9.40. The lowest BCUT2D eigenvalue weighted by Gasteiger charge is -2.37. The fourth-order valence-corrected chi connectivity index (χ4v) is 2.70. The summed E-state index contributed by atoms with van der Waals surface area (Å²) in [7, 11) is 3.92. The van der Waals surface area contributed by atoms with Crippen LogP contribution in [0.2, 0.25) is 0 Å². The summed E-state index contributed by atoms with van der Waals surface area (Å²) in [5.74, 6) is -2.06. The van der Waals surface area contributed by atoms with Crippen molar-refractivity contribution < 1.29 is 14.3 Å². The molecule has 3 N–H and O–H groups in total. The van der Waals surface area contributed by atoms with E-state index in [4.69, 9.17) is 10.8 Å². The second-order valence-corrected chi connectivity index (χ2v) is 5.37. The molecule has 1 fully saturated rings. The number of likely N-dealkylation sites (tertiary alicyclic amines) is 1. The van der Waals surface area contributed by atoms with Crippen LogP contribution in [0, 0.1) is 5.82 Å². The number of likely N-dealkylation sites (N-methyl/N-ethyl adjacent to an activating group) is 2. The number of carboxylic acid groups (broad SMARTS) is 1. The van der Waals surface area contributed by atoms with Crippen molar-refractivity contribution >= 4 is 17.3 Å². The number of carboxylic acids is 1. The van der Waals surface area contributed by atoms with Crippen LogP contribution in [0.15, 0.2) is 12.1 Å². The fraction of sp³-hybridized carbons (Fsp3) is 0.500. The van der Waals surface area contributed by atoms with E-state index in [9.17, 15) is 9.18 Å². The highest BCUT2D eigenvalue weighted by molar-refractivity contribution is 5.91. The SMILES string of the molecule is CN1CCCC(N(C)c2cc(F)c(C(=O)O)cc2N)C1. The van der Waals surface area contributed by atoms with Gasteiger partial charge in [0.15, 0.2) is 0 Å². The third-order valence-electron chi connectivity index (χ3n) is 3.87. The van der Waals surface area contributed by atoms with Crippen molar-refractivity contribution in [3.63, 3.8) is 0 Å². The molecule has 1 saturated heterocycles. The number of anilines is 2. The Balaban J connectivity index is 2.28. The molecule has 1 aromatic rings. The van der Waals surface area contributed by atoms with Gasteiger partial charge in [-0.25, -0.2) is 9.18 Å². The van der Waals surface area contributed by atoms with Crippen LogP contribution in [0.1, 0.15) is 23.2 Å². The number of halogens is 1. The fourth-order valence-electron chi connectivity index (χ4n) is 2.70. The van der Waals surface area contributed by atoms with Crippen molar-refractivity contribution in [3.05, 3.63) is 23.5 Å². The van der Waals surface area contributed by atoms with Gasteiger partial charge in [0.05, 0.1) is 16.9 Å². The van der Waals surface area contributed by atoms with E-state index in [0.29, 0.717) is 11.4 Å². The van der Waals surface area contributed by atoms with E-state index in [0.717, 1.165) is 25.9 Å². The van der Waals surface area contributed by atoms with Crippen molar-refractivity contribution in [2.45, 2.75) is 18.9 Å². The summed E-state index contributed by atoms with van der Waals surface area (Å²) in [4.78, 5) is 15.1. The number of carbonyl (C=O) groups is 1. The molecular formula is C14H20FN3O2. The number of rotatable bonds is 3. The number of hydrogen-bond acceptors (Lipinski definition) is 4. The van der Waals surface area contributed by atoms with E-state index in [1.807, 2.05) is 11.9 Å². The summed E-state index contributed by atoms with van der Waals surface area (Å²) in [6.45, 7) is 1.95. The molecule has 1 atom stereocenters. The second-order valence-electron chi connectivity index (χ2n) is 5.37. The van der Waals surface area contributed by atoms with E-state index in [1.165, 1.54) is 12.1 Å². The Bertz CT molecular complexity index is 521. The van der Waals surface area contributed by atoms with Crippen molar-refractivity contribution in [3.8, 4) is 0 Å². The zero-order valence-corrected chi connectivity index (χ0v) is 11.8. The molecule has 0 radical (unpaired) electrons. The lowest BCUT2D eigenvalue weighted by Crippen LogP contribution is -2.45. The molecule has 0 bridgehead atoms. The van der Waals surface area contributed by atoms with Gasteiger partial charge in [-0.1, -0.05) is 0 Å². The maximum atomic E-state index is 13.8. The number of nitrogens with zero attached hydrogens (tertiary/aromatic N) is 2. The number of piperidine rings is 1. The monoisotopic (exact) mass is 281 g/mol. The number of benzene rings is 1. The second kappa shape index (κ2) is 5.66. The van der Waals surface area contributed by atoms with Gasteiger partial charge >= 0.3 is 5.97 Å². The Hall–Kier alpha value is -1.82. The van der Waals surface area contributed by atoms with E-state index < -0.39 is 11.8 Å². The Morgan fingerprint density at radius 3 is 2.85 bits per heavy atom. The van der Waals surface area contributed by atoms with Gasteiger partial charge in [-0.3, -0.25) is 0 Å². The summed E-state index contributed by atoms with van der Waals surface area (Å²) in [6.07, 6.45) is 2.10. The molecule has 5 nitrogen and oxygen atoms in total. The van der Waals surface area contributed by atoms with Crippen LogP contribution in [-0.2, 0) is 0 Å². The van der Waals surface area contributed by atoms with Crippen LogP contribution in [-0.4, -0.2) is 49.2 Å². The number of aromatic carboxylic acids is 1. The maximum Gasteiger partial charge on any atom is 0.338 e. The van der Waals surface area contributed by atoms with Gasteiger partial charge in [0.25, 0.3) is 0 Å². The van der Waals surface area contributed by atoms with Gasteiger partial charge in [0, 0.05) is 25.7 Å². The molecule has 1 aliphatic rings. The lowest BCUT2D eigenvalue weighted by molar-refractivity contribution is 0.0692. The average Bonchev–Trinajstić information content (AvgIpc) is 2.40. The average molecular weight is 281 g/mol. The van der Waals surface area contributed by atoms with E-state index in [2.05, 4.69) is 11.9 Å². The highest BCUT2D eigenvalue weighted by Crippen LogP contribution is 2.29. The van der Waals surface area contributed by atoms with Crippen molar-refractivity contribution in [2.75, 3.05) is 37.8 Å². The Morgan fingerprint density at radius 1 is 1.55 bits per heavy atom. The standard InChI is InChI=1S/C14H20FN3O2/c1-17-5-3-4-9(8-17)18(2)13-7-11(15)10(14(19)20)6-12(13)16/h6-7,9H,3-5,8,16H2,1-2H3,(H,19,20). The topological polar surface area (TPSA) is 69.8 Å². The molecule has 0 aromatic heterocycles. The van der Waals surface area contributed by atoms with Gasteiger partial charge in [0.1, 0.15) is 5.82 Å². The number of nitrogens with two attached hydrogens (primary N) is 1. The van der Waals surface area contributed by atoms with Crippen LogP contribution in [0.3, 0.4) is 0 Å². The largest absolute Gasteiger partial charge is 0.478 e. The molecule has 1 heterocycles. The molecule has 110 valence electrons. The predicted octanol–water partition coefficient (Wildman–Crippen LogP) is 1.64. The lowest BCUT2D eigenvalue weighted by atomic mass is 10.0. The molecule has 0 aliphatic carbocycles. The molecule has 1 aliphatic heterocycles. The first-order valence-electron chi connectivity index (χ1n) is 6.64. The van der Waals surface area contributed by atoms with E-state index in [-0.39, 0.29) is 11.6 Å². The highest BCUT2D eigenvalue weighted by Gasteiger charge is 2.24. The quantitative estimate of drug-likeness (QED) is 0.824. The van der Waals surface area contributed by atoms with Crippen molar-refractivity contribution in [1.29, 1.82) is 0 Å². The Kier molecular flexibility index (Phi) is 4.13. The van der Waals surface area contributed by atoms with E-state index >= 15 is 0 Å².